The molecule has 14 heavy (non-hydrogen) atoms. The first-order valence-corrected chi connectivity index (χ1v) is 5.42. The maximum atomic E-state index is 8.75. The smallest absolute Gasteiger partial charge is 0.126 e. The van der Waals surface area contributed by atoms with Gasteiger partial charge in [0, 0.05) is 23.3 Å². The molecule has 1 aromatic heterocycles. The molecule has 0 saturated heterocycles. The molecule has 1 unspecified atom stereocenters. The number of hydrogen-bond acceptors (Lipinski definition) is 3. The Bertz CT molecular complexity index is 304. The molecule has 0 saturated carbocycles. The van der Waals surface area contributed by atoms with Crippen molar-refractivity contribution in [3.8, 4) is 0 Å². The van der Waals surface area contributed by atoms with E-state index in [1.807, 2.05) is 19.9 Å². The largest absolute Gasteiger partial charge is 0.396 e. The average molecular weight is 259 g/mol. The highest BCUT2D eigenvalue weighted by molar-refractivity contribution is 9.10. The fourth-order valence-electron chi connectivity index (χ4n) is 1.14. The molecule has 0 aliphatic rings. The topological polar surface area (TPSA) is 45.1 Å². The number of nitrogens with zero attached hydrogens (tertiary/aromatic N) is 1. The molecule has 0 aliphatic heterocycles. The van der Waals surface area contributed by atoms with Gasteiger partial charge in [-0.3, -0.25) is 0 Å². The van der Waals surface area contributed by atoms with Crippen molar-refractivity contribution >= 4 is 21.7 Å². The van der Waals surface area contributed by atoms with Gasteiger partial charge in [0.1, 0.15) is 5.82 Å². The first-order chi connectivity index (χ1) is 6.63. The highest BCUT2D eigenvalue weighted by atomic mass is 79.9. The van der Waals surface area contributed by atoms with Gasteiger partial charge in [0.15, 0.2) is 0 Å². The maximum absolute atomic E-state index is 8.75. The predicted molar refractivity (Wildman–Crippen MR) is 61.5 cm³/mol. The number of pyridine rings is 1. The monoisotopic (exact) mass is 258 g/mol. The highest BCUT2D eigenvalue weighted by Crippen LogP contribution is 2.17. The van der Waals surface area contributed by atoms with Crippen LogP contribution in [0.4, 0.5) is 5.82 Å². The lowest BCUT2D eigenvalue weighted by atomic mass is 10.2. The Labute approximate surface area is 92.7 Å². The minimum absolute atomic E-state index is 0.198. The summed E-state index contributed by atoms with van der Waals surface area (Å²) in [5, 5.41) is 12.0. The number of aryl methyl sites for hydroxylation is 1. The van der Waals surface area contributed by atoms with Gasteiger partial charge in [-0.05, 0) is 47.8 Å². The van der Waals surface area contributed by atoms with Gasteiger partial charge in [-0.15, -0.1) is 0 Å². The van der Waals surface area contributed by atoms with Gasteiger partial charge < -0.3 is 10.4 Å². The van der Waals surface area contributed by atoms with Crippen molar-refractivity contribution in [3.05, 3.63) is 22.3 Å². The lowest BCUT2D eigenvalue weighted by Gasteiger charge is -2.13. The zero-order chi connectivity index (χ0) is 10.6. The van der Waals surface area contributed by atoms with Crippen molar-refractivity contribution in [2.75, 3.05) is 11.9 Å². The Hall–Kier alpha value is -0.610. The molecule has 0 amide bonds. The van der Waals surface area contributed by atoms with Crippen LogP contribution in [0.2, 0.25) is 0 Å². The van der Waals surface area contributed by atoms with Crippen LogP contribution < -0.4 is 5.32 Å². The Morgan fingerprint density at radius 3 is 2.93 bits per heavy atom. The second-order valence-corrected chi connectivity index (χ2v) is 4.23. The van der Waals surface area contributed by atoms with Crippen LogP contribution >= 0.6 is 15.9 Å². The van der Waals surface area contributed by atoms with Gasteiger partial charge in [0.25, 0.3) is 0 Å². The van der Waals surface area contributed by atoms with Crippen LogP contribution in [-0.4, -0.2) is 22.7 Å². The van der Waals surface area contributed by atoms with E-state index in [9.17, 15) is 0 Å². The van der Waals surface area contributed by atoms with Gasteiger partial charge in [0.2, 0.25) is 0 Å². The van der Waals surface area contributed by atoms with E-state index < -0.39 is 0 Å². The van der Waals surface area contributed by atoms with Crippen LogP contribution in [0.15, 0.2) is 16.7 Å². The highest BCUT2D eigenvalue weighted by Gasteiger charge is 2.03. The van der Waals surface area contributed by atoms with E-state index in [0.717, 1.165) is 22.3 Å². The summed E-state index contributed by atoms with van der Waals surface area (Å²) in [6.07, 6.45) is 2.51. The third kappa shape index (κ3) is 3.27. The van der Waals surface area contributed by atoms with Crippen molar-refractivity contribution in [2.24, 2.45) is 0 Å². The SMILES string of the molecule is Cc1cc(NC(C)CCO)ncc1Br. The number of anilines is 1. The molecule has 4 heteroatoms. The number of aliphatic hydroxyl groups excluding tert-OH is 1. The summed E-state index contributed by atoms with van der Waals surface area (Å²) in [5.74, 6) is 0.853. The molecule has 1 atom stereocenters. The fraction of sp³-hybridized carbons (Fsp3) is 0.500. The van der Waals surface area contributed by atoms with Crippen LogP contribution in [0, 0.1) is 6.92 Å². The van der Waals surface area contributed by atoms with Crippen LogP contribution in [0.1, 0.15) is 18.9 Å². The molecule has 2 N–H and O–H groups in total. The number of hydrogen-bond donors (Lipinski definition) is 2. The van der Waals surface area contributed by atoms with Crippen molar-refractivity contribution in [2.45, 2.75) is 26.3 Å². The van der Waals surface area contributed by atoms with E-state index in [4.69, 9.17) is 5.11 Å². The third-order valence-electron chi connectivity index (χ3n) is 2.00. The average Bonchev–Trinajstić information content (AvgIpc) is 2.12. The lowest BCUT2D eigenvalue weighted by Crippen LogP contribution is -2.17. The van der Waals surface area contributed by atoms with Crippen molar-refractivity contribution in [1.82, 2.24) is 4.98 Å². The van der Waals surface area contributed by atoms with E-state index in [0.29, 0.717) is 0 Å². The van der Waals surface area contributed by atoms with Crippen molar-refractivity contribution < 1.29 is 5.11 Å². The zero-order valence-corrected chi connectivity index (χ0v) is 10.0. The molecule has 1 heterocycles. The summed E-state index contributed by atoms with van der Waals surface area (Å²) in [6, 6.07) is 2.23. The summed E-state index contributed by atoms with van der Waals surface area (Å²) >= 11 is 3.40. The van der Waals surface area contributed by atoms with Gasteiger partial charge in [-0.2, -0.15) is 0 Å². The number of nitrogens with one attached hydrogen (secondary N) is 1. The van der Waals surface area contributed by atoms with E-state index in [1.54, 1.807) is 6.20 Å². The molecule has 3 nitrogen and oxygen atoms in total. The summed E-state index contributed by atoms with van der Waals surface area (Å²) in [5.41, 5.74) is 1.15. The molecular formula is C10H15BrN2O. The molecule has 0 spiro atoms. The zero-order valence-electron chi connectivity index (χ0n) is 8.42. The van der Waals surface area contributed by atoms with Crippen LogP contribution in [0.3, 0.4) is 0 Å². The summed E-state index contributed by atoms with van der Waals surface area (Å²) in [6.45, 7) is 4.24. The number of aromatic nitrogens is 1. The second kappa shape index (κ2) is 5.32. The fourth-order valence-corrected chi connectivity index (χ4v) is 1.35. The summed E-state index contributed by atoms with van der Waals surface area (Å²) in [4.78, 5) is 4.22. The quantitative estimate of drug-likeness (QED) is 0.872. The summed E-state index contributed by atoms with van der Waals surface area (Å²) in [7, 11) is 0. The van der Waals surface area contributed by atoms with Gasteiger partial charge in [0.05, 0.1) is 0 Å². The molecule has 0 bridgehead atoms. The Balaban J connectivity index is 2.63. The van der Waals surface area contributed by atoms with Gasteiger partial charge in [-0.1, -0.05) is 0 Å². The van der Waals surface area contributed by atoms with Crippen LogP contribution in [0.5, 0.6) is 0 Å². The van der Waals surface area contributed by atoms with Gasteiger partial charge in [-0.25, -0.2) is 4.98 Å². The lowest BCUT2D eigenvalue weighted by molar-refractivity contribution is 0.282. The molecular weight excluding hydrogens is 244 g/mol. The second-order valence-electron chi connectivity index (χ2n) is 3.38. The molecule has 1 rings (SSSR count). The molecule has 0 radical (unpaired) electrons. The predicted octanol–water partition coefficient (Wildman–Crippen LogP) is 2.34. The third-order valence-corrected chi connectivity index (χ3v) is 2.83. The minimum Gasteiger partial charge on any atom is -0.396 e. The molecule has 0 aliphatic carbocycles. The van der Waals surface area contributed by atoms with Crippen LogP contribution in [-0.2, 0) is 0 Å². The normalized spacial score (nSPS) is 12.6. The van der Waals surface area contributed by atoms with Crippen molar-refractivity contribution in [1.29, 1.82) is 0 Å². The van der Waals surface area contributed by atoms with E-state index in [2.05, 4.69) is 26.2 Å². The van der Waals surface area contributed by atoms with Crippen molar-refractivity contribution in [3.63, 3.8) is 0 Å². The number of rotatable bonds is 4. The summed E-state index contributed by atoms with van der Waals surface area (Å²) < 4.78 is 1.01. The first-order valence-electron chi connectivity index (χ1n) is 4.63. The number of halogens is 1. The molecule has 0 aromatic carbocycles. The molecule has 0 fully saturated rings. The standard InChI is InChI=1S/C10H15BrN2O/c1-7-5-10(12-6-9(7)11)13-8(2)3-4-14/h5-6,8,14H,3-4H2,1-2H3,(H,12,13). The maximum Gasteiger partial charge on any atom is 0.126 e. The van der Waals surface area contributed by atoms with E-state index in [-0.39, 0.29) is 12.6 Å². The Morgan fingerprint density at radius 1 is 1.64 bits per heavy atom. The minimum atomic E-state index is 0.198. The van der Waals surface area contributed by atoms with Crippen LogP contribution in [0.25, 0.3) is 0 Å². The number of aliphatic hydroxyl groups is 1. The first kappa shape index (κ1) is 11.5. The van der Waals surface area contributed by atoms with Gasteiger partial charge >= 0.3 is 0 Å². The molecule has 1 aromatic rings. The molecule has 78 valence electrons. The Kier molecular flexibility index (Phi) is 4.35. The van der Waals surface area contributed by atoms with E-state index >= 15 is 0 Å². The Morgan fingerprint density at radius 2 is 2.36 bits per heavy atom. The van der Waals surface area contributed by atoms with E-state index in [1.165, 1.54) is 0 Å².